The molecule has 112 valence electrons. The van der Waals surface area contributed by atoms with Crippen LogP contribution in [0, 0.1) is 11.3 Å². The lowest BCUT2D eigenvalue weighted by Crippen LogP contribution is -2.47. The topological polar surface area (TPSA) is 24.5 Å². The molecule has 0 spiro atoms. The Morgan fingerprint density at radius 2 is 1.89 bits per heavy atom. The highest BCUT2D eigenvalue weighted by atomic mass is 16.5. The SMILES string of the molecule is CCNCC1(CN(C)CC2CCCC2)CCOCC1. The van der Waals surface area contributed by atoms with Gasteiger partial charge in [-0.3, -0.25) is 0 Å². The molecule has 1 saturated heterocycles. The Labute approximate surface area is 119 Å². The summed E-state index contributed by atoms with van der Waals surface area (Å²) in [6.45, 7) is 8.87. The van der Waals surface area contributed by atoms with Gasteiger partial charge in [-0.15, -0.1) is 0 Å². The molecule has 0 aromatic carbocycles. The fourth-order valence-corrected chi connectivity index (χ4v) is 3.86. The van der Waals surface area contributed by atoms with Crippen molar-refractivity contribution in [1.82, 2.24) is 10.2 Å². The van der Waals surface area contributed by atoms with Crippen LogP contribution in [0.2, 0.25) is 0 Å². The first-order valence-corrected chi connectivity index (χ1v) is 8.21. The van der Waals surface area contributed by atoms with E-state index in [0.717, 1.165) is 32.2 Å². The molecule has 3 nitrogen and oxygen atoms in total. The third-order valence-electron chi connectivity index (χ3n) is 4.95. The van der Waals surface area contributed by atoms with E-state index in [1.165, 1.54) is 51.6 Å². The van der Waals surface area contributed by atoms with Crippen molar-refractivity contribution in [3.05, 3.63) is 0 Å². The summed E-state index contributed by atoms with van der Waals surface area (Å²) in [4.78, 5) is 2.60. The zero-order valence-electron chi connectivity index (χ0n) is 12.9. The Balaban J connectivity index is 1.83. The van der Waals surface area contributed by atoms with Crippen molar-refractivity contribution in [2.24, 2.45) is 11.3 Å². The molecule has 19 heavy (non-hydrogen) atoms. The van der Waals surface area contributed by atoms with Crippen molar-refractivity contribution in [2.75, 3.05) is 46.4 Å². The molecule has 3 heteroatoms. The first-order valence-electron chi connectivity index (χ1n) is 8.21. The fourth-order valence-electron chi connectivity index (χ4n) is 3.86. The van der Waals surface area contributed by atoms with Crippen LogP contribution in [0.15, 0.2) is 0 Å². The van der Waals surface area contributed by atoms with E-state index in [1.54, 1.807) is 0 Å². The zero-order valence-corrected chi connectivity index (χ0v) is 12.9. The van der Waals surface area contributed by atoms with Gasteiger partial charge in [0.15, 0.2) is 0 Å². The van der Waals surface area contributed by atoms with Crippen LogP contribution >= 0.6 is 0 Å². The lowest BCUT2D eigenvalue weighted by Gasteiger charge is -2.40. The van der Waals surface area contributed by atoms with Gasteiger partial charge in [0.1, 0.15) is 0 Å². The molecule has 1 aliphatic heterocycles. The van der Waals surface area contributed by atoms with E-state index < -0.39 is 0 Å². The quantitative estimate of drug-likeness (QED) is 0.768. The van der Waals surface area contributed by atoms with Crippen LogP contribution in [0.5, 0.6) is 0 Å². The van der Waals surface area contributed by atoms with Gasteiger partial charge in [0.05, 0.1) is 0 Å². The Morgan fingerprint density at radius 1 is 1.21 bits per heavy atom. The average molecular weight is 268 g/mol. The van der Waals surface area contributed by atoms with E-state index >= 15 is 0 Å². The molecule has 0 atom stereocenters. The third kappa shape index (κ3) is 4.73. The summed E-state index contributed by atoms with van der Waals surface area (Å²) in [5.41, 5.74) is 0.446. The number of hydrogen-bond acceptors (Lipinski definition) is 3. The van der Waals surface area contributed by atoms with E-state index in [0.29, 0.717) is 5.41 Å². The summed E-state index contributed by atoms with van der Waals surface area (Å²) in [5.74, 6) is 0.959. The van der Waals surface area contributed by atoms with Gasteiger partial charge in [0, 0.05) is 32.8 Å². The average Bonchev–Trinajstić information content (AvgIpc) is 2.90. The van der Waals surface area contributed by atoms with Crippen LogP contribution in [0.1, 0.15) is 45.4 Å². The number of nitrogens with one attached hydrogen (secondary N) is 1. The normalized spacial score (nSPS) is 24.2. The second-order valence-electron chi connectivity index (χ2n) is 6.74. The maximum Gasteiger partial charge on any atom is 0.0472 e. The smallest absolute Gasteiger partial charge is 0.0472 e. The van der Waals surface area contributed by atoms with Crippen molar-refractivity contribution in [1.29, 1.82) is 0 Å². The van der Waals surface area contributed by atoms with Crippen LogP contribution in [-0.4, -0.2) is 51.3 Å². The van der Waals surface area contributed by atoms with Gasteiger partial charge in [-0.1, -0.05) is 19.8 Å². The molecule has 0 bridgehead atoms. The van der Waals surface area contributed by atoms with Crippen LogP contribution in [-0.2, 0) is 4.74 Å². The Kier molecular flexibility index (Phi) is 6.11. The van der Waals surface area contributed by atoms with E-state index in [1.807, 2.05) is 0 Å². The number of rotatable bonds is 7. The molecular weight excluding hydrogens is 236 g/mol. The first kappa shape index (κ1) is 15.3. The maximum absolute atomic E-state index is 5.57. The van der Waals surface area contributed by atoms with Crippen molar-refractivity contribution >= 4 is 0 Å². The molecule has 2 fully saturated rings. The minimum atomic E-state index is 0.446. The highest BCUT2D eigenvalue weighted by Gasteiger charge is 2.33. The van der Waals surface area contributed by atoms with Crippen LogP contribution < -0.4 is 5.32 Å². The first-order chi connectivity index (χ1) is 9.24. The fraction of sp³-hybridized carbons (Fsp3) is 1.00. The zero-order chi connectivity index (χ0) is 13.6. The van der Waals surface area contributed by atoms with Gasteiger partial charge in [0.2, 0.25) is 0 Å². The molecular formula is C16H32N2O. The highest BCUT2D eigenvalue weighted by Crippen LogP contribution is 2.32. The minimum absolute atomic E-state index is 0.446. The Bertz CT molecular complexity index is 245. The van der Waals surface area contributed by atoms with Crippen molar-refractivity contribution in [3.63, 3.8) is 0 Å². The third-order valence-corrected chi connectivity index (χ3v) is 4.95. The molecule has 2 rings (SSSR count). The summed E-state index contributed by atoms with van der Waals surface area (Å²) in [6.07, 6.45) is 8.25. The van der Waals surface area contributed by atoms with Crippen molar-refractivity contribution in [3.8, 4) is 0 Å². The second kappa shape index (κ2) is 7.61. The molecule has 1 aliphatic carbocycles. The minimum Gasteiger partial charge on any atom is -0.381 e. The van der Waals surface area contributed by atoms with Gasteiger partial charge in [-0.25, -0.2) is 0 Å². The summed E-state index contributed by atoms with van der Waals surface area (Å²) in [5, 5.41) is 3.58. The molecule has 1 heterocycles. The van der Waals surface area contributed by atoms with E-state index in [2.05, 4.69) is 24.2 Å². The molecule has 0 unspecified atom stereocenters. The molecule has 2 aliphatic rings. The summed E-state index contributed by atoms with van der Waals surface area (Å²) < 4.78 is 5.57. The number of ether oxygens (including phenoxy) is 1. The Morgan fingerprint density at radius 3 is 2.53 bits per heavy atom. The van der Waals surface area contributed by atoms with Crippen LogP contribution in [0.4, 0.5) is 0 Å². The molecule has 1 N–H and O–H groups in total. The van der Waals surface area contributed by atoms with E-state index in [-0.39, 0.29) is 0 Å². The maximum atomic E-state index is 5.57. The molecule has 0 aromatic rings. The second-order valence-corrected chi connectivity index (χ2v) is 6.74. The van der Waals surface area contributed by atoms with Crippen LogP contribution in [0.25, 0.3) is 0 Å². The van der Waals surface area contributed by atoms with Gasteiger partial charge < -0.3 is 15.0 Å². The molecule has 1 saturated carbocycles. The molecule has 0 radical (unpaired) electrons. The van der Waals surface area contributed by atoms with Crippen molar-refractivity contribution < 1.29 is 4.74 Å². The van der Waals surface area contributed by atoms with Gasteiger partial charge >= 0.3 is 0 Å². The van der Waals surface area contributed by atoms with E-state index in [4.69, 9.17) is 4.74 Å². The van der Waals surface area contributed by atoms with Gasteiger partial charge in [-0.05, 0) is 50.6 Å². The number of nitrogens with zero attached hydrogens (tertiary/aromatic N) is 1. The largest absolute Gasteiger partial charge is 0.381 e. The highest BCUT2D eigenvalue weighted by molar-refractivity contribution is 4.87. The number of hydrogen-bond donors (Lipinski definition) is 1. The molecule has 0 amide bonds. The van der Waals surface area contributed by atoms with Crippen molar-refractivity contribution in [2.45, 2.75) is 45.4 Å². The summed E-state index contributed by atoms with van der Waals surface area (Å²) in [7, 11) is 2.32. The molecule has 0 aromatic heterocycles. The lowest BCUT2D eigenvalue weighted by molar-refractivity contribution is -0.00207. The summed E-state index contributed by atoms with van der Waals surface area (Å²) >= 11 is 0. The predicted molar refractivity (Wildman–Crippen MR) is 80.5 cm³/mol. The lowest BCUT2D eigenvalue weighted by atomic mass is 9.79. The summed E-state index contributed by atoms with van der Waals surface area (Å²) in [6, 6.07) is 0. The van der Waals surface area contributed by atoms with Gasteiger partial charge in [0.25, 0.3) is 0 Å². The predicted octanol–water partition coefficient (Wildman–Crippen LogP) is 2.51. The van der Waals surface area contributed by atoms with Gasteiger partial charge in [-0.2, -0.15) is 0 Å². The standard InChI is InChI=1S/C16H32N2O/c1-3-17-13-16(8-10-19-11-9-16)14-18(2)12-15-6-4-5-7-15/h15,17H,3-14H2,1-2H3. The monoisotopic (exact) mass is 268 g/mol. The van der Waals surface area contributed by atoms with E-state index in [9.17, 15) is 0 Å². The Hall–Kier alpha value is -0.120. The van der Waals surface area contributed by atoms with Crippen LogP contribution in [0.3, 0.4) is 0 Å².